The summed E-state index contributed by atoms with van der Waals surface area (Å²) in [5.41, 5.74) is 5.64. The van der Waals surface area contributed by atoms with Crippen LogP contribution in [0.1, 0.15) is 60.4 Å². The van der Waals surface area contributed by atoms with E-state index in [1.807, 2.05) is 36.3 Å². The number of nitrogens with zero attached hydrogens (tertiary/aromatic N) is 7. The van der Waals surface area contributed by atoms with Gasteiger partial charge in [-0.15, -0.1) is 5.10 Å². The fourth-order valence-electron chi connectivity index (χ4n) is 5.12. The number of amides is 2. The van der Waals surface area contributed by atoms with E-state index in [4.69, 9.17) is 0 Å². The fraction of sp³-hybridized carbons (Fsp3) is 0.407. The predicted octanol–water partition coefficient (Wildman–Crippen LogP) is 3.39. The Bertz CT molecular complexity index is 1530. The number of hydrogen-bond acceptors (Lipinski definition) is 7. The van der Waals surface area contributed by atoms with E-state index in [-0.39, 0.29) is 11.6 Å². The van der Waals surface area contributed by atoms with Crippen LogP contribution in [0.2, 0.25) is 0 Å². The van der Waals surface area contributed by atoms with Gasteiger partial charge in [-0.25, -0.2) is 4.52 Å². The Labute approximate surface area is 220 Å². The van der Waals surface area contributed by atoms with Crippen LogP contribution >= 0.6 is 0 Å². The minimum absolute atomic E-state index is 0.0970. The zero-order valence-corrected chi connectivity index (χ0v) is 21.8. The molecule has 4 aromatic rings. The number of fused-ring (bicyclic) bond motifs is 1. The lowest BCUT2D eigenvalue weighted by molar-refractivity contribution is -0.117. The van der Waals surface area contributed by atoms with E-state index in [2.05, 4.69) is 42.9 Å². The van der Waals surface area contributed by atoms with Crippen molar-refractivity contribution in [3.8, 4) is 11.1 Å². The number of carbonyl (C=O) groups is 2. The second kappa shape index (κ2) is 9.64. The van der Waals surface area contributed by atoms with Crippen molar-refractivity contribution in [2.45, 2.75) is 51.5 Å². The van der Waals surface area contributed by atoms with E-state index < -0.39 is 5.91 Å². The van der Waals surface area contributed by atoms with Gasteiger partial charge in [0.05, 0.1) is 41.0 Å². The Hall–Kier alpha value is -4.12. The lowest BCUT2D eigenvalue weighted by Gasteiger charge is -2.20. The van der Waals surface area contributed by atoms with Crippen LogP contribution in [0.15, 0.2) is 36.8 Å². The van der Waals surface area contributed by atoms with Gasteiger partial charge in [-0.2, -0.15) is 5.10 Å². The van der Waals surface area contributed by atoms with Crippen molar-refractivity contribution in [2.75, 3.05) is 23.7 Å². The highest BCUT2D eigenvalue weighted by atomic mass is 16.2. The number of pyridine rings is 2. The van der Waals surface area contributed by atoms with E-state index in [0.29, 0.717) is 41.1 Å². The molecule has 1 saturated carbocycles. The number of likely N-dealkylation sites (tertiary alicyclic amines) is 1. The highest BCUT2D eigenvalue weighted by Crippen LogP contribution is 2.43. The van der Waals surface area contributed by atoms with Gasteiger partial charge >= 0.3 is 0 Å². The molecule has 196 valence electrons. The van der Waals surface area contributed by atoms with Crippen LogP contribution in [0.5, 0.6) is 0 Å². The normalized spacial score (nSPS) is 17.7. The Balaban J connectivity index is 1.18. The molecule has 1 atom stereocenters. The van der Waals surface area contributed by atoms with Crippen LogP contribution in [0.25, 0.3) is 16.6 Å². The molecule has 1 aliphatic heterocycles. The van der Waals surface area contributed by atoms with E-state index >= 15 is 0 Å². The van der Waals surface area contributed by atoms with Crippen molar-refractivity contribution in [2.24, 2.45) is 7.05 Å². The summed E-state index contributed by atoms with van der Waals surface area (Å²) in [6, 6.07) is 5.96. The summed E-state index contributed by atoms with van der Waals surface area (Å²) < 4.78 is 3.46. The van der Waals surface area contributed by atoms with Gasteiger partial charge in [-0.1, -0.05) is 11.3 Å². The smallest absolute Gasteiger partial charge is 0.278 e. The molecule has 6 rings (SSSR count). The van der Waals surface area contributed by atoms with Crippen molar-refractivity contribution >= 4 is 28.7 Å². The van der Waals surface area contributed by atoms with Gasteiger partial charge in [0.1, 0.15) is 0 Å². The van der Waals surface area contributed by atoms with Gasteiger partial charge < -0.3 is 10.6 Å². The molecule has 0 aromatic carbocycles. The van der Waals surface area contributed by atoms with Gasteiger partial charge in [-0.3, -0.25) is 24.2 Å². The molecular weight excluding hydrogens is 482 g/mol. The molecule has 0 radical (unpaired) electrons. The standard InChI is InChI=1S/C27H31N9O2/c1-16-5-4-10-35(16)15-24(37)29-20-11-22(17(2)28-12-20)30-27(38)26-23-9-8-19(13-36(23)33-31-26)21-14-34(3)32-25(21)18-6-7-18/h8-9,11-14,16,18H,4-7,10,15H2,1-3H3,(H,29,37)(H,30,38)/t16-/m0/s1. The molecule has 5 heterocycles. The maximum Gasteiger partial charge on any atom is 0.278 e. The van der Waals surface area contributed by atoms with E-state index in [9.17, 15) is 9.59 Å². The number of aryl methyl sites for hydroxylation is 2. The number of anilines is 2. The van der Waals surface area contributed by atoms with Crippen LogP contribution in [0, 0.1) is 6.92 Å². The average Bonchev–Trinajstić information content (AvgIpc) is 3.33. The Morgan fingerprint density at radius 3 is 2.74 bits per heavy atom. The number of nitrogens with one attached hydrogen (secondary N) is 2. The van der Waals surface area contributed by atoms with E-state index in [0.717, 1.165) is 49.0 Å². The lowest BCUT2D eigenvalue weighted by Crippen LogP contribution is -2.35. The van der Waals surface area contributed by atoms with Gasteiger partial charge in [-0.05, 0) is 58.2 Å². The van der Waals surface area contributed by atoms with Crippen molar-refractivity contribution in [1.29, 1.82) is 0 Å². The average molecular weight is 514 g/mol. The molecule has 2 aliphatic rings. The summed E-state index contributed by atoms with van der Waals surface area (Å²) in [5, 5.41) is 18.8. The number of hydrogen-bond donors (Lipinski definition) is 2. The van der Waals surface area contributed by atoms with Gasteiger partial charge in [0.25, 0.3) is 5.91 Å². The first-order chi connectivity index (χ1) is 18.4. The summed E-state index contributed by atoms with van der Waals surface area (Å²) in [5.74, 6) is 0.0208. The van der Waals surface area contributed by atoms with Crippen molar-refractivity contribution in [1.82, 2.24) is 34.5 Å². The monoisotopic (exact) mass is 513 g/mol. The Kier molecular flexibility index (Phi) is 6.15. The topological polar surface area (TPSA) is 122 Å². The molecule has 0 spiro atoms. The molecule has 11 heteroatoms. The number of carbonyl (C=O) groups excluding carboxylic acids is 2. The first-order valence-electron chi connectivity index (χ1n) is 13.1. The third-order valence-corrected chi connectivity index (χ3v) is 7.42. The minimum Gasteiger partial charge on any atom is -0.324 e. The van der Waals surface area contributed by atoms with Gasteiger partial charge in [0, 0.05) is 42.5 Å². The molecule has 1 aliphatic carbocycles. The third-order valence-electron chi connectivity index (χ3n) is 7.42. The van der Waals surface area contributed by atoms with Crippen molar-refractivity contribution in [3.05, 3.63) is 53.9 Å². The molecule has 0 unspecified atom stereocenters. The summed E-state index contributed by atoms with van der Waals surface area (Å²) in [6.07, 6.45) is 10.0. The van der Waals surface area contributed by atoms with Crippen LogP contribution in [0.3, 0.4) is 0 Å². The molecule has 2 fully saturated rings. The third kappa shape index (κ3) is 4.76. The highest BCUT2D eigenvalue weighted by molar-refractivity contribution is 6.08. The molecular formula is C27H31N9O2. The highest BCUT2D eigenvalue weighted by Gasteiger charge is 2.30. The van der Waals surface area contributed by atoms with Crippen LogP contribution in [-0.2, 0) is 11.8 Å². The zero-order valence-electron chi connectivity index (χ0n) is 21.8. The van der Waals surface area contributed by atoms with Crippen molar-refractivity contribution in [3.63, 3.8) is 0 Å². The molecule has 2 amide bonds. The summed E-state index contributed by atoms with van der Waals surface area (Å²) in [6.45, 7) is 5.21. The molecule has 2 N–H and O–H groups in total. The second-order valence-electron chi connectivity index (χ2n) is 10.4. The van der Waals surface area contributed by atoms with Crippen molar-refractivity contribution < 1.29 is 9.59 Å². The SMILES string of the molecule is Cc1ncc(NC(=O)CN2CCC[C@@H]2C)cc1NC(=O)c1nnn2cc(-c3cn(C)nc3C3CC3)ccc12. The molecule has 4 aromatic heterocycles. The summed E-state index contributed by atoms with van der Waals surface area (Å²) >= 11 is 0. The predicted molar refractivity (Wildman–Crippen MR) is 143 cm³/mol. The molecule has 1 saturated heterocycles. The van der Waals surface area contributed by atoms with Crippen LogP contribution in [-0.4, -0.2) is 65.4 Å². The minimum atomic E-state index is -0.396. The van der Waals surface area contributed by atoms with Crippen LogP contribution in [0.4, 0.5) is 11.4 Å². The van der Waals surface area contributed by atoms with Gasteiger partial charge in [0.2, 0.25) is 5.91 Å². The Morgan fingerprint density at radius 2 is 1.97 bits per heavy atom. The fourth-order valence-corrected chi connectivity index (χ4v) is 5.12. The molecule has 0 bridgehead atoms. The lowest BCUT2D eigenvalue weighted by atomic mass is 10.1. The Morgan fingerprint density at radius 1 is 1.13 bits per heavy atom. The summed E-state index contributed by atoms with van der Waals surface area (Å²) in [7, 11) is 1.93. The van der Waals surface area contributed by atoms with Crippen LogP contribution < -0.4 is 10.6 Å². The van der Waals surface area contributed by atoms with E-state index in [1.165, 1.54) is 0 Å². The summed E-state index contributed by atoms with van der Waals surface area (Å²) in [4.78, 5) is 32.3. The number of aromatic nitrogens is 6. The maximum atomic E-state index is 13.2. The largest absolute Gasteiger partial charge is 0.324 e. The quantitative estimate of drug-likeness (QED) is 0.388. The molecule has 11 nitrogen and oxygen atoms in total. The second-order valence-corrected chi connectivity index (χ2v) is 10.4. The first-order valence-corrected chi connectivity index (χ1v) is 13.1. The number of rotatable bonds is 7. The first kappa shape index (κ1) is 24.2. The zero-order chi connectivity index (χ0) is 26.4. The molecule has 38 heavy (non-hydrogen) atoms. The van der Waals surface area contributed by atoms with E-state index in [1.54, 1.807) is 23.7 Å². The van der Waals surface area contributed by atoms with Gasteiger partial charge in [0.15, 0.2) is 5.69 Å². The maximum absolute atomic E-state index is 13.2.